The molecule has 0 N–H and O–H groups in total. The van der Waals surface area contributed by atoms with E-state index in [-0.39, 0.29) is 40.1 Å². The Morgan fingerprint density at radius 1 is 1.15 bits per heavy atom. The quantitative estimate of drug-likeness (QED) is 0.510. The van der Waals surface area contributed by atoms with Gasteiger partial charge in [-0.25, -0.2) is 19.1 Å². The van der Waals surface area contributed by atoms with Gasteiger partial charge in [-0.05, 0) is 19.8 Å². The number of hydrogen-bond acceptors (Lipinski definition) is 0. The van der Waals surface area contributed by atoms with Gasteiger partial charge in [-0.3, -0.25) is 0 Å². The molecule has 0 heterocycles. The van der Waals surface area contributed by atoms with Gasteiger partial charge in [0.2, 0.25) is 0 Å². The van der Waals surface area contributed by atoms with Crippen molar-refractivity contribution in [2.24, 2.45) is 0 Å². The molecule has 0 aromatic rings. The summed E-state index contributed by atoms with van der Waals surface area (Å²) in [4.78, 5) is 0. The van der Waals surface area contributed by atoms with E-state index in [0.717, 1.165) is 24.8 Å². The maximum absolute atomic E-state index is 3.94. The first-order valence-corrected chi connectivity index (χ1v) is 3.83. The van der Waals surface area contributed by atoms with Crippen LogP contribution in [0.15, 0.2) is 36.5 Å². The van der Waals surface area contributed by atoms with E-state index in [0.29, 0.717) is 0 Å². The second-order valence-corrected chi connectivity index (χ2v) is 3.13. The van der Waals surface area contributed by atoms with Crippen molar-refractivity contribution in [1.29, 1.82) is 0 Å². The van der Waals surface area contributed by atoms with Gasteiger partial charge in [0.15, 0.2) is 0 Å². The Labute approximate surface area is 109 Å². The van der Waals surface area contributed by atoms with Gasteiger partial charge < -0.3 is 7.43 Å². The predicted molar refractivity (Wildman–Crippen MR) is 58.7 cm³/mol. The minimum atomic E-state index is 0. The molecule has 0 aromatic carbocycles. The Balaban J connectivity index is -0.000000500. The van der Waals surface area contributed by atoms with E-state index in [1.807, 2.05) is 6.92 Å². The molecule has 0 saturated heterocycles. The summed E-state index contributed by atoms with van der Waals surface area (Å²) in [5, 5.41) is 0. The van der Waals surface area contributed by atoms with Gasteiger partial charge in [0.25, 0.3) is 0 Å². The van der Waals surface area contributed by atoms with E-state index in [9.17, 15) is 0 Å². The Kier molecular flexibility index (Phi) is 14.9. The zero-order valence-corrected chi connectivity index (χ0v) is 11.9. The van der Waals surface area contributed by atoms with E-state index < -0.39 is 0 Å². The third-order valence-electron chi connectivity index (χ3n) is 1.38. The molecule has 0 unspecified atom stereocenters. The van der Waals surface area contributed by atoms with Gasteiger partial charge in [0.05, 0.1) is 0 Å². The first-order chi connectivity index (χ1) is 5.02. The minimum Gasteiger partial charge on any atom is -0.358 e. The summed E-state index contributed by atoms with van der Waals surface area (Å²) < 4.78 is 0. The van der Waals surface area contributed by atoms with Crippen LogP contribution >= 0.6 is 0 Å². The SMILES string of the molecule is C=C([CH2-])CCC(=C)CC(=C)C.[CH3-].[Y]. The van der Waals surface area contributed by atoms with Crippen molar-refractivity contribution in [2.75, 3.05) is 0 Å². The molecular weight excluding hydrogens is 233 g/mol. The summed E-state index contributed by atoms with van der Waals surface area (Å²) >= 11 is 0. The van der Waals surface area contributed by atoms with Crippen molar-refractivity contribution < 1.29 is 32.7 Å². The molecule has 0 amide bonds. The van der Waals surface area contributed by atoms with Gasteiger partial charge >= 0.3 is 0 Å². The van der Waals surface area contributed by atoms with Crippen LogP contribution in [-0.2, 0) is 32.7 Å². The fraction of sp³-hybridized carbons (Fsp3) is 0.333. The van der Waals surface area contributed by atoms with Crippen LogP contribution in [0.2, 0.25) is 0 Å². The topological polar surface area (TPSA) is 0 Å². The average molecular weight is 253 g/mol. The summed E-state index contributed by atoms with van der Waals surface area (Å²) in [6, 6.07) is 0. The monoisotopic (exact) mass is 253 g/mol. The van der Waals surface area contributed by atoms with Crippen molar-refractivity contribution in [2.45, 2.75) is 26.2 Å². The third kappa shape index (κ3) is 15.0. The summed E-state index contributed by atoms with van der Waals surface area (Å²) in [5.41, 5.74) is 3.37. The van der Waals surface area contributed by atoms with E-state index in [1.165, 1.54) is 11.1 Å². The number of allylic oxidation sites excluding steroid dienone is 3. The van der Waals surface area contributed by atoms with Crippen LogP contribution < -0.4 is 0 Å². The minimum absolute atomic E-state index is 0. The zero-order valence-electron chi connectivity index (χ0n) is 9.03. The summed E-state index contributed by atoms with van der Waals surface area (Å²) in [6.45, 7) is 17.2. The maximum Gasteiger partial charge on any atom is 0 e. The second-order valence-electron chi connectivity index (χ2n) is 3.13. The van der Waals surface area contributed by atoms with E-state index in [4.69, 9.17) is 0 Å². The standard InChI is InChI=1S/C11H17.CH3.Y/c1-9(2)6-7-11(5)8-10(3)4;;/h1-3,5-8H2,4H3;1H3;/q2*-1;. The summed E-state index contributed by atoms with van der Waals surface area (Å²) in [5.74, 6) is 0. The molecule has 1 heteroatoms. The third-order valence-corrected chi connectivity index (χ3v) is 1.38. The van der Waals surface area contributed by atoms with Crippen molar-refractivity contribution in [3.8, 4) is 0 Å². The average Bonchev–Trinajstić information content (AvgIpc) is 1.82. The Morgan fingerprint density at radius 2 is 1.62 bits per heavy atom. The van der Waals surface area contributed by atoms with Crippen molar-refractivity contribution in [3.63, 3.8) is 0 Å². The fourth-order valence-corrected chi connectivity index (χ4v) is 0.869. The van der Waals surface area contributed by atoms with Crippen LogP contribution in [0.5, 0.6) is 0 Å². The predicted octanol–water partition coefficient (Wildman–Crippen LogP) is 4.13. The first-order valence-electron chi connectivity index (χ1n) is 3.83. The van der Waals surface area contributed by atoms with Crippen LogP contribution in [0.4, 0.5) is 0 Å². The second kappa shape index (κ2) is 10.3. The normalized spacial score (nSPS) is 7.77. The number of rotatable bonds is 5. The molecule has 0 aromatic heterocycles. The summed E-state index contributed by atoms with van der Waals surface area (Å²) in [6.07, 6.45) is 2.88. The molecule has 0 saturated carbocycles. The van der Waals surface area contributed by atoms with Crippen LogP contribution in [0.3, 0.4) is 0 Å². The van der Waals surface area contributed by atoms with Gasteiger partial charge in [-0.15, -0.1) is 0 Å². The van der Waals surface area contributed by atoms with Crippen molar-refractivity contribution in [1.82, 2.24) is 0 Å². The molecule has 0 rings (SSSR count). The molecule has 0 fully saturated rings. The van der Waals surface area contributed by atoms with Crippen LogP contribution in [-0.4, -0.2) is 0 Å². The van der Waals surface area contributed by atoms with Crippen molar-refractivity contribution in [3.05, 3.63) is 50.8 Å². The van der Waals surface area contributed by atoms with Gasteiger partial charge in [0.1, 0.15) is 0 Å². The fourth-order valence-electron chi connectivity index (χ4n) is 0.869. The summed E-state index contributed by atoms with van der Waals surface area (Å²) in [7, 11) is 0. The molecule has 0 nitrogen and oxygen atoms in total. The Morgan fingerprint density at radius 3 is 1.92 bits per heavy atom. The molecule has 0 bridgehead atoms. The molecule has 73 valence electrons. The van der Waals surface area contributed by atoms with Crippen LogP contribution in [0, 0.1) is 14.4 Å². The zero-order chi connectivity index (χ0) is 8.85. The first kappa shape index (κ1) is 18.9. The van der Waals surface area contributed by atoms with Gasteiger partial charge in [0, 0.05) is 32.7 Å². The molecule has 13 heavy (non-hydrogen) atoms. The molecule has 0 spiro atoms. The van der Waals surface area contributed by atoms with Crippen molar-refractivity contribution >= 4 is 0 Å². The smallest absolute Gasteiger partial charge is 0 e. The van der Waals surface area contributed by atoms with E-state index in [1.54, 1.807) is 0 Å². The van der Waals surface area contributed by atoms with Gasteiger partial charge in [-0.1, -0.05) is 30.7 Å². The Hall–Kier alpha value is 0.194. The molecule has 0 aliphatic heterocycles. The molecule has 0 aliphatic carbocycles. The molecular formula is C12H20Y-2. The largest absolute Gasteiger partial charge is 0.358 e. The maximum atomic E-state index is 3.94. The number of hydrogen-bond donors (Lipinski definition) is 0. The molecule has 1 radical (unpaired) electrons. The molecule has 0 atom stereocenters. The van der Waals surface area contributed by atoms with Gasteiger partial charge in [-0.2, -0.15) is 0 Å². The van der Waals surface area contributed by atoms with E-state index in [2.05, 4.69) is 26.7 Å². The van der Waals surface area contributed by atoms with Crippen LogP contribution in [0.25, 0.3) is 0 Å². The molecule has 0 aliphatic rings. The van der Waals surface area contributed by atoms with E-state index >= 15 is 0 Å². The van der Waals surface area contributed by atoms with Crippen LogP contribution in [0.1, 0.15) is 26.2 Å². The Bertz CT molecular complexity index is 178.